The van der Waals surface area contributed by atoms with Gasteiger partial charge in [0.15, 0.2) is 0 Å². The number of carbonyl (C=O) groups is 3. The first-order chi connectivity index (χ1) is 15.1. The number of nitrogens with one attached hydrogen (secondary N) is 2. The molecule has 0 aromatic heterocycles. The van der Waals surface area contributed by atoms with Gasteiger partial charge in [0.25, 0.3) is 5.91 Å². The maximum Gasteiger partial charge on any atom is 0.325 e. The van der Waals surface area contributed by atoms with Gasteiger partial charge in [-0.05, 0) is 36.8 Å². The molecule has 0 bridgehead atoms. The van der Waals surface area contributed by atoms with Crippen LogP contribution in [-0.2, 0) is 25.2 Å². The van der Waals surface area contributed by atoms with Gasteiger partial charge >= 0.3 is 6.03 Å². The summed E-state index contributed by atoms with van der Waals surface area (Å²) in [5.74, 6) is -1.10. The molecule has 3 rings (SSSR count). The minimum atomic E-state index is -3.60. The van der Waals surface area contributed by atoms with Crippen molar-refractivity contribution >= 4 is 33.6 Å². The van der Waals surface area contributed by atoms with Gasteiger partial charge in [-0.25, -0.2) is 13.2 Å². The van der Waals surface area contributed by atoms with Crippen molar-refractivity contribution in [3.8, 4) is 0 Å². The number of carbonyl (C=O) groups excluding carboxylic acids is 3. The number of nitrogens with zero attached hydrogens (tertiary/aromatic N) is 2. The van der Waals surface area contributed by atoms with Crippen LogP contribution in [-0.4, -0.2) is 55.1 Å². The summed E-state index contributed by atoms with van der Waals surface area (Å²) in [4.78, 5) is 38.7. The van der Waals surface area contributed by atoms with Gasteiger partial charge in [0.05, 0.1) is 4.90 Å². The maximum atomic E-state index is 12.9. The number of benzene rings is 2. The molecule has 1 fully saturated rings. The lowest BCUT2D eigenvalue weighted by Crippen LogP contribution is -2.42. The molecular formula is C22H26N4O5S. The molecule has 2 aromatic carbocycles. The second-order valence-corrected chi connectivity index (χ2v) is 9.41. The molecular weight excluding hydrogens is 432 g/mol. The van der Waals surface area contributed by atoms with Gasteiger partial charge < -0.3 is 10.6 Å². The molecule has 32 heavy (non-hydrogen) atoms. The van der Waals surface area contributed by atoms with Gasteiger partial charge in [-0.1, -0.05) is 44.2 Å². The summed E-state index contributed by atoms with van der Waals surface area (Å²) in [5.41, 5.74) is -0.281. The van der Waals surface area contributed by atoms with E-state index in [9.17, 15) is 22.8 Å². The van der Waals surface area contributed by atoms with Crippen molar-refractivity contribution in [1.82, 2.24) is 14.5 Å². The zero-order valence-corrected chi connectivity index (χ0v) is 19.0. The van der Waals surface area contributed by atoms with Crippen molar-refractivity contribution in [3.05, 3.63) is 60.2 Å². The van der Waals surface area contributed by atoms with E-state index in [1.165, 1.54) is 28.6 Å². The van der Waals surface area contributed by atoms with Gasteiger partial charge in [-0.15, -0.1) is 0 Å². The first kappa shape index (κ1) is 23.4. The van der Waals surface area contributed by atoms with Crippen LogP contribution in [0, 0.1) is 0 Å². The summed E-state index contributed by atoms with van der Waals surface area (Å²) in [6.45, 7) is 5.35. The van der Waals surface area contributed by atoms with Crippen LogP contribution in [0.15, 0.2) is 59.5 Å². The van der Waals surface area contributed by atoms with E-state index >= 15 is 0 Å². The van der Waals surface area contributed by atoms with Gasteiger partial charge in [0.1, 0.15) is 12.1 Å². The fraction of sp³-hybridized carbons (Fsp3) is 0.318. The number of amides is 4. The van der Waals surface area contributed by atoms with E-state index in [1.807, 2.05) is 0 Å². The van der Waals surface area contributed by atoms with Crippen LogP contribution in [0.25, 0.3) is 0 Å². The minimum absolute atomic E-state index is 0.118. The zero-order valence-electron chi connectivity index (χ0n) is 18.2. The Balaban J connectivity index is 1.68. The van der Waals surface area contributed by atoms with Gasteiger partial charge in [0.2, 0.25) is 15.9 Å². The number of urea groups is 1. The van der Waals surface area contributed by atoms with E-state index in [0.29, 0.717) is 24.3 Å². The standard InChI is InChI=1S/C22H26N4O5S/c1-4-25(5-2)32(30,31)18-13-11-17(12-14-18)23-19(27)15-26-20(28)22(3,24-21(26)29)16-9-7-6-8-10-16/h6-14H,4-5,15H2,1-3H3,(H,23,27)(H,24,29). The topological polar surface area (TPSA) is 116 Å². The quantitative estimate of drug-likeness (QED) is 0.588. The molecule has 4 amide bonds. The van der Waals surface area contributed by atoms with Crippen LogP contribution in [0.5, 0.6) is 0 Å². The third-order valence-corrected chi connectivity index (χ3v) is 7.47. The predicted octanol–water partition coefficient (Wildman–Crippen LogP) is 2.12. The van der Waals surface area contributed by atoms with E-state index in [-0.39, 0.29) is 4.90 Å². The first-order valence-electron chi connectivity index (χ1n) is 10.2. The summed E-state index contributed by atoms with van der Waals surface area (Å²) in [6.07, 6.45) is 0. The van der Waals surface area contributed by atoms with Gasteiger partial charge in [-0.3, -0.25) is 14.5 Å². The number of hydrogen-bond acceptors (Lipinski definition) is 5. The van der Waals surface area contributed by atoms with E-state index in [2.05, 4.69) is 10.6 Å². The Morgan fingerprint density at radius 2 is 1.62 bits per heavy atom. The first-order valence-corrected chi connectivity index (χ1v) is 11.7. The molecule has 1 aliphatic heterocycles. The zero-order chi connectivity index (χ0) is 23.5. The maximum absolute atomic E-state index is 12.9. The second kappa shape index (κ2) is 9.09. The second-order valence-electron chi connectivity index (χ2n) is 7.47. The Morgan fingerprint density at radius 3 is 2.19 bits per heavy atom. The molecule has 2 aromatic rings. The summed E-state index contributed by atoms with van der Waals surface area (Å²) in [5, 5.41) is 5.24. The van der Waals surface area contributed by atoms with Crippen LogP contribution in [0.3, 0.4) is 0 Å². The van der Waals surface area contributed by atoms with Crippen molar-refractivity contribution in [2.75, 3.05) is 25.0 Å². The average molecular weight is 459 g/mol. The van der Waals surface area contributed by atoms with Crippen LogP contribution in [0.2, 0.25) is 0 Å². The Bertz CT molecular complexity index is 1110. The molecule has 1 saturated heterocycles. The largest absolute Gasteiger partial charge is 0.325 e. The molecule has 0 aliphatic carbocycles. The number of rotatable bonds is 8. The molecule has 170 valence electrons. The molecule has 1 aliphatic rings. The lowest BCUT2D eigenvalue weighted by Gasteiger charge is -2.22. The van der Waals surface area contributed by atoms with Crippen molar-refractivity contribution in [2.45, 2.75) is 31.2 Å². The summed E-state index contributed by atoms with van der Waals surface area (Å²) in [7, 11) is -3.60. The number of anilines is 1. The summed E-state index contributed by atoms with van der Waals surface area (Å²) < 4.78 is 26.5. The van der Waals surface area contributed by atoms with Gasteiger partial charge in [0, 0.05) is 18.8 Å². The molecule has 1 unspecified atom stereocenters. The van der Waals surface area contributed by atoms with E-state index in [0.717, 1.165) is 4.90 Å². The van der Waals surface area contributed by atoms with Crippen LogP contribution in [0.4, 0.5) is 10.5 Å². The van der Waals surface area contributed by atoms with E-state index < -0.39 is 40.0 Å². The minimum Gasteiger partial charge on any atom is -0.325 e. The fourth-order valence-electron chi connectivity index (χ4n) is 3.57. The number of hydrogen-bond donors (Lipinski definition) is 2. The van der Waals surface area contributed by atoms with Crippen molar-refractivity contribution < 1.29 is 22.8 Å². The number of sulfonamides is 1. The molecule has 1 atom stereocenters. The highest BCUT2D eigenvalue weighted by Crippen LogP contribution is 2.28. The lowest BCUT2D eigenvalue weighted by atomic mass is 9.92. The highest BCUT2D eigenvalue weighted by molar-refractivity contribution is 7.89. The molecule has 1 heterocycles. The summed E-state index contributed by atoms with van der Waals surface area (Å²) >= 11 is 0. The van der Waals surface area contributed by atoms with Crippen molar-refractivity contribution in [3.63, 3.8) is 0 Å². The molecule has 0 radical (unpaired) electrons. The lowest BCUT2D eigenvalue weighted by molar-refractivity contribution is -0.133. The van der Waals surface area contributed by atoms with Crippen LogP contribution in [0.1, 0.15) is 26.3 Å². The SMILES string of the molecule is CCN(CC)S(=O)(=O)c1ccc(NC(=O)CN2C(=O)NC(C)(c3ccccc3)C2=O)cc1. The number of imide groups is 1. The average Bonchev–Trinajstić information content (AvgIpc) is 2.99. The van der Waals surface area contributed by atoms with Crippen molar-refractivity contribution in [1.29, 1.82) is 0 Å². The third kappa shape index (κ3) is 4.37. The van der Waals surface area contributed by atoms with Crippen LogP contribution >= 0.6 is 0 Å². The molecule has 0 saturated carbocycles. The highest BCUT2D eigenvalue weighted by atomic mass is 32.2. The van der Waals surface area contributed by atoms with E-state index in [4.69, 9.17) is 0 Å². The molecule has 9 nitrogen and oxygen atoms in total. The Hall–Kier alpha value is -3.24. The van der Waals surface area contributed by atoms with Crippen molar-refractivity contribution in [2.24, 2.45) is 0 Å². The molecule has 10 heteroatoms. The monoisotopic (exact) mass is 458 g/mol. The Morgan fingerprint density at radius 1 is 1.03 bits per heavy atom. The van der Waals surface area contributed by atoms with Gasteiger partial charge in [-0.2, -0.15) is 4.31 Å². The molecule has 2 N–H and O–H groups in total. The fourth-order valence-corrected chi connectivity index (χ4v) is 5.03. The smallest absolute Gasteiger partial charge is 0.325 e. The summed E-state index contributed by atoms with van der Waals surface area (Å²) in [6, 6.07) is 13.9. The van der Waals surface area contributed by atoms with E-state index in [1.54, 1.807) is 51.1 Å². The predicted molar refractivity (Wildman–Crippen MR) is 119 cm³/mol. The molecule has 0 spiro atoms. The third-order valence-electron chi connectivity index (χ3n) is 5.41. The normalized spacial score (nSPS) is 18.7. The van der Waals surface area contributed by atoms with Crippen LogP contribution < -0.4 is 10.6 Å². The highest BCUT2D eigenvalue weighted by Gasteiger charge is 2.49. The Labute approximate surface area is 187 Å². The Kier molecular flexibility index (Phi) is 6.65.